The maximum absolute atomic E-state index is 15.2. The second kappa shape index (κ2) is 49.6. The number of para-hydroxylation sites is 1. The van der Waals surface area contributed by atoms with Crippen molar-refractivity contribution in [3.05, 3.63) is 120 Å². The number of unbranched alkanes of at least 4 members (excludes halogenated alkanes) is 1. The lowest BCUT2D eigenvalue weighted by atomic mass is 10.0. The van der Waals surface area contributed by atoms with Crippen molar-refractivity contribution in [3.8, 4) is 5.75 Å². The Morgan fingerprint density at radius 2 is 1.13 bits per heavy atom. The number of nitrogens with one attached hydrogen (secondary N) is 16. The number of primary amides is 1. The van der Waals surface area contributed by atoms with Gasteiger partial charge in [-0.2, -0.15) is 11.8 Å². The number of nitrogens with two attached hydrogens (primary N) is 3. The average molecular weight is 1710 g/mol. The molecule has 12 atom stereocenters. The highest BCUT2D eigenvalue weighted by atomic mass is 32.2. The number of esters is 1. The van der Waals surface area contributed by atoms with E-state index in [4.69, 9.17) is 27.3 Å². The molecule has 1 fully saturated rings. The Bertz CT molecular complexity index is 4380. The van der Waals surface area contributed by atoms with Crippen molar-refractivity contribution in [2.45, 2.75) is 190 Å². The summed E-state index contributed by atoms with van der Waals surface area (Å²) in [6, 6.07) is 2.77. The number of aliphatic carboxylic acids is 1. The van der Waals surface area contributed by atoms with E-state index in [0.29, 0.717) is 46.9 Å². The molecule has 0 unspecified atom stereocenters. The van der Waals surface area contributed by atoms with Crippen LogP contribution >= 0.6 is 11.8 Å². The number of imidazole rings is 1. The topological polar surface area (TPSA) is 649 Å². The number of ether oxygens (including phenoxy) is 1. The fourth-order valence-electron chi connectivity index (χ4n) is 13.1. The average Bonchev–Trinajstić information content (AvgIpc) is 1.72. The van der Waals surface area contributed by atoms with Crippen molar-refractivity contribution in [3.63, 3.8) is 0 Å². The summed E-state index contributed by atoms with van der Waals surface area (Å²) in [6.45, 7) is 3.45. The van der Waals surface area contributed by atoms with Gasteiger partial charge in [0.1, 0.15) is 84.9 Å². The van der Waals surface area contributed by atoms with Crippen LogP contribution in [0.25, 0.3) is 10.9 Å². The summed E-state index contributed by atoms with van der Waals surface area (Å²) in [5.74, 6) is -15.9. The Hall–Kier alpha value is -12.7. The SMILES string of the molecule is CSCC[C@H](NC(=O)[C@H](CO)NC(=O)[C@H](Cc1ccc(O)cc1)NC(=O)[C@H](COC(C)=O)NC(C)=O)C(=O)N[C@@H](CCC(=O)O)C(=O)N[C@@H](Cc1cnc[nH]1)C(=O)N[C@@H](Cc1ccccc1)C(=O)N[C@@H](CCCNC(=N)N)C(=O)N[C@@H](Cc1c[nH]c2ccccc12)C(=O)NCC(=O)N[C@@H](CCCCN)C(=O)N1CCC[C@H]1C(=O)N[C@H](C(N)=O)C(C)C. The van der Waals surface area contributed by atoms with E-state index in [-0.39, 0.29) is 94.1 Å². The number of carbonyl (C=O) groups is 16. The first-order valence-corrected chi connectivity index (χ1v) is 40.8. The third-order valence-corrected chi connectivity index (χ3v) is 20.1. The predicted octanol–water partition coefficient (Wildman–Crippen LogP) is -3.97. The largest absolute Gasteiger partial charge is 0.508 e. The van der Waals surface area contributed by atoms with Gasteiger partial charge in [-0.3, -0.25) is 82.1 Å². The van der Waals surface area contributed by atoms with E-state index >= 15 is 14.4 Å². The first-order valence-electron chi connectivity index (χ1n) is 39.4. The number of hydrogen-bond donors (Lipinski definition) is 22. The predicted molar refractivity (Wildman–Crippen MR) is 441 cm³/mol. The van der Waals surface area contributed by atoms with Crippen molar-refractivity contribution in [2.24, 2.45) is 23.1 Å². The van der Waals surface area contributed by atoms with Crippen LogP contribution in [-0.2, 0) is 107 Å². The van der Waals surface area contributed by atoms with E-state index in [1.54, 1.807) is 80.9 Å². The lowest BCUT2D eigenvalue weighted by Gasteiger charge is -2.30. The van der Waals surface area contributed by atoms with Crippen molar-refractivity contribution >= 4 is 123 Å². The molecule has 0 bridgehead atoms. The summed E-state index contributed by atoms with van der Waals surface area (Å²) in [6.07, 6.45) is 4.53. The van der Waals surface area contributed by atoms with Crippen LogP contribution in [0.15, 0.2) is 97.6 Å². The first kappa shape index (κ1) is 97.1. The number of carbonyl (C=O) groups excluding carboxylic acids is 15. The molecular weight excluding hydrogens is 1600 g/mol. The van der Waals surface area contributed by atoms with Crippen LogP contribution < -0.4 is 86.3 Å². The van der Waals surface area contributed by atoms with Gasteiger partial charge < -0.3 is 121 Å². The summed E-state index contributed by atoms with van der Waals surface area (Å²) in [7, 11) is 0. The summed E-state index contributed by atoms with van der Waals surface area (Å²) in [5.41, 5.74) is 19.3. The molecule has 1 aliphatic heterocycles. The number of H-pyrrole nitrogens is 2. The summed E-state index contributed by atoms with van der Waals surface area (Å²) < 4.78 is 4.95. The molecule has 25 N–H and O–H groups in total. The number of thioether (sulfide) groups is 1. The number of likely N-dealkylation sites (tertiary alicyclic amines) is 1. The number of rotatable bonds is 51. The van der Waals surface area contributed by atoms with Crippen molar-refractivity contribution < 1.29 is 96.8 Å². The van der Waals surface area contributed by atoms with Crippen molar-refractivity contribution in [2.75, 3.05) is 51.4 Å². The number of hydrogen-bond acceptors (Lipinski definition) is 23. The molecular formula is C79H111N21O20S. The number of phenols is 1. The van der Waals surface area contributed by atoms with E-state index < -0.39 is 212 Å². The molecule has 41 nitrogen and oxygen atoms in total. The number of carboxylic acids is 1. The van der Waals surface area contributed by atoms with Crippen LogP contribution in [0.4, 0.5) is 0 Å². The third kappa shape index (κ3) is 32.5. The number of aliphatic hydroxyl groups excluding tert-OH is 1. The molecule has 42 heteroatoms. The maximum Gasteiger partial charge on any atom is 0.303 e. The molecule has 658 valence electrons. The molecule has 0 saturated carbocycles. The Kier molecular flexibility index (Phi) is 39.8. The zero-order valence-electron chi connectivity index (χ0n) is 67.9. The molecule has 3 heterocycles. The maximum atomic E-state index is 15.2. The summed E-state index contributed by atoms with van der Waals surface area (Å²) in [4.78, 5) is 233. The number of aliphatic hydroxyl groups is 1. The fourth-order valence-corrected chi connectivity index (χ4v) is 13.6. The minimum atomic E-state index is -1.86. The monoisotopic (exact) mass is 1710 g/mol. The zero-order valence-corrected chi connectivity index (χ0v) is 68.7. The van der Waals surface area contributed by atoms with Gasteiger partial charge in [0.2, 0.25) is 82.7 Å². The van der Waals surface area contributed by atoms with Gasteiger partial charge >= 0.3 is 11.9 Å². The molecule has 6 rings (SSSR count). The van der Waals surface area contributed by atoms with E-state index in [1.807, 2.05) is 0 Å². The number of aromatic hydroxyl groups is 1. The number of carboxylic acid groups (broad SMARTS) is 1. The van der Waals surface area contributed by atoms with E-state index in [1.165, 1.54) is 53.5 Å². The molecule has 0 aliphatic carbocycles. The number of benzene rings is 3. The van der Waals surface area contributed by atoms with Gasteiger partial charge in [-0.25, -0.2) is 4.98 Å². The number of aromatic amines is 2. The zero-order chi connectivity index (χ0) is 88.8. The molecule has 14 amide bonds. The van der Waals surface area contributed by atoms with Crippen LogP contribution in [0.3, 0.4) is 0 Å². The third-order valence-electron chi connectivity index (χ3n) is 19.5. The molecule has 2 aromatic heterocycles. The second-order valence-corrected chi connectivity index (χ2v) is 30.3. The Morgan fingerprint density at radius 1 is 0.595 bits per heavy atom. The number of fused-ring (bicyclic) bond motifs is 1. The van der Waals surface area contributed by atoms with Crippen LogP contribution in [-0.4, -0.2) is 260 Å². The number of aromatic nitrogens is 3. The van der Waals surface area contributed by atoms with Gasteiger partial charge in [-0.15, -0.1) is 0 Å². The first-order chi connectivity index (χ1) is 57.7. The Morgan fingerprint density at radius 3 is 1.69 bits per heavy atom. The van der Waals surface area contributed by atoms with Gasteiger partial charge in [0.05, 0.1) is 19.5 Å². The molecule has 5 aromatic rings. The van der Waals surface area contributed by atoms with E-state index in [0.717, 1.165) is 13.8 Å². The summed E-state index contributed by atoms with van der Waals surface area (Å²) in [5, 5.41) is 72.3. The summed E-state index contributed by atoms with van der Waals surface area (Å²) >= 11 is 1.22. The lowest BCUT2D eigenvalue weighted by Crippen LogP contribution is -2.61. The van der Waals surface area contributed by atoms with Crippen molar-refractivity contribution in [1.82, 2.24) is 89.0 Å². The molecule has 3 aromatic carbocycles. The van der Waals surface area contributed by atoms with Crippen LogP contribution in [0.5, 0.6) is 5.75 Å². The van der Waals surface area contributed by atoms with E-state index in [9.17, 15) is 77.6 Å². The standard InChI is InChI=1S/C79H111N21O20S/c1-43(2)66(67(81)108)99-77(118)63-21-14-31-100(63)78(119)56(19-11-12-29-80)90-64(105)39-87-68(109)59(35-48-37-86-52-18-10-9-17-51(48)52)96-69(110)53(20-13-30-85-79(82)83)91-72(113)57(33-46-15-7-6-8-16-46)94-74(115)60(36-49-38-84-42-88-49)97-70(111)54(26-27-65(106)107)92-71(112)55(28-32-121-5)93-75(116)61(40-101)98-73(114)58(34-47-22-24-50(104)25-23-47)95-76(117)62(89-44(3)102)41-120-45(4)103/h6-10,15-18,22-25,37-38,42-43,53-63,66,86,101,104H,11-14,19-21,26-36,39-41,80H2,1-5H3,(H2,81,108)(H,84,88)(H,87,109)(H,89,102)(H,90,105)(H,91,113)(H,92,112)(H,93,116)(H,94,115)(H,95,117)(H,96,110)(H,97,111)(H,98,114)(H,99,118)(H,106,107)(H4,82,83,85)/t53-,54-,55-,56-,57-,58-,59-,60-,61-,62-,63-,66-/m0/s1. The Labute approximate surface area is 701 Å². The number of guanidine groups is 1. The number of phenolic OH excluding ortho intramolecular Hbond substituents is 1. The van der Waals surface area contributed by atoms with Crippen LogP contribution in [0.1, 0.15) is 114 Å². The Balaban J connectivity index is 1.25. The fraction of sp³-hybridized carbons (Fsp3) is 0.494. The molecule has 0 spiro atoms. The molecule has 121 heavy (non-hydrogen) atoms. The van der Waals surface area contributed by atoms with Gasteiger partial charge in [0, 0.05) is 88.0 Å². The number of nitrogens with zero attached hydrogens (tertiary/aromatic N) is 2. The minimum absolute atomic E-state index is 0.00883. The van der Waals surface area contributed by atoms with Gasteiger partial charge in [0.25, 0.3) is 0 Å². The van der Waals surface area contributed by atoms with Gasteiger partial charge in [-0.05, 0) is 117 Å². The van der Waals surface area contributed by atoms with Crippen LogP contribution in [0, 0.1) is 11.3 Å². The van der Waals surface area contributed by atoms with E-state index in [2.05, 4.69) is 84.1 Å². The highest BCUT2D eigenvalue weighted by Gasteiger charge is 2.41. The lowest BCUT2D eigenvalue weighted by molar-refractivity contribution is -0.144. The normalized spacial score (nSPS) is 15.1. The number of amides is 14. The highest BCUT2D eigenvalue weighted by molar-refractivity contribution is 7.98. The second-order valence-electron chi connectivity index (χ2n) is 29.3. The quantitative estimate of drug-likeness (QED) is 0.00764. The van der Waals surface area contributed by atoms with Gasteiger partial charge in [0.15, 0.2) is 5.96 Å². The molecule has 1 aliphatic rings. The highest BCUT2D eigenvalue weighted by Crippen LogP contribution is 2.23. The van der Waals surface area contributed by atoms with Gasteiger partial charge in [-0.1, -0.05) is 74.5 Å². The molecule has 0 radical (unpaired) electrons. The van der Waals surface area contributed by atoms with Crippen LogP contribution in [0.2, 0.25) is 0 Å². The molecule has 1 saturated heterocycles. The smallest absolute Gasteiger partial charge is 0.303 e. The minimum Gasteiger partial charge on any atom is -0.508 e. The van der Waals surface area contributed by atoms with Crippen molar-refractivity contribution in [1.29, 1.82) is 5.41 Å².